The molecule has 0 aliphatic carbocycles. The lowest BCUT2D eigenvalue weighted by Crippen LogP contribution is -2.17. The Bertz CT molecular complexity index is 675. The molecular formula is C14H9F3N2O. The molecule has 1 aromatic heterocycles. The number of rotatable bonds is 2. The molecule has 0 amide bonds. The average molecular weight is 278 g/mol. The second kappa shape index (κ2) is 5.21. The van der Waals surface area contributed by atoms with Gasteiger partial charge in [0, 0.05) is 18.0 Å². The molecule has 0 N–H and O–H groups in total. The van der Waals surface area contributed by atoms with Gasteiger partial charge < -0.3 is 4.74 Å². The van der Waals surface area contributed by atoms with Gasteiger partial charge in [-0.2, -0.15) is 5.26 Å². The number of aryl methyl sites for hydroxylation is 1. The van der Waals surface area contributed by atoms with Crippen molar-refractivity contribution in [3.63, 3.8) is 0 Å². The van der Waals surface area contributed by atoms with Gasteiger partial charge in [0.05, 0.1) is 5.56 Å². The molecule has 3 nitrogen and oxygen atoms in total. The second-order valence-corrected chi connectivity index (χ2v) is 4.06. The van der Waals surface area contributed by atoms with E-state index in [1.807, 2.05) is 6.92 Å². The fraction of sp³-hybridized carbons (Fsp3) is 0.143. The summed E-state index contributed by atoms with van der Waals surface area (Å²) in [7, 11) is 0. The van der Waals surface area contributed by atoms with Crippen molar-refractivity contribution in [2.75, 3.05) is 0 Å². The Morgan fingerprint density at radius 2 is 2.00 bits per heavy atom. The zero-order valence-corrected chi connectivity index (χ0v) is 10.4. The van der Waals surface area contributed by atoms with Crippen molar-refractivity contribution in [3.05, 3.63) is 47.8 Å². The number of hydrogen-bond acceptors (Lipinski definition) is 3. The molecule has 0 radical (unpaired) electrons. The van der Waals surface area contributed by atoms with Crippen molar-refractivity contribution in [2.45, 2.75) is 13.3 Å². The maximum Gasteiger partial charge on any atom is 0.573 e. The van der Waals surface area contributed by atoms with Crippen LogP contribution in [0.5, 0.6) is 5.75 Å². The molecule has 0 spiro atoms. The minimum atomic E-state index is -4.82. The Morgan fingerprint density at radius 3 is 2.60 bits per heavy atom. The summed E-state index contributed by atoms with van der Waals surface area (Å²) in [6, 6.07) is 7.43. The molecule has 1 aromatic carbocycles. The Balaban J connectivity index is 2.46. The van der Waals surface area contributed by atoms with Gasteiger partial charge in [-0.15, -0.1) is 13.2 Å². The van der Waals surface area contributed by atoms with Gasteiger partial charge in [0.2, 0.25) is 0 Å². The first-order valence-corrected chi connectivity index (χ1v) is 5.61. The summed E-state index contributed by atoms with van der Waals surface area (Å²) < 4.78 is 40.4. The number of hydrogen-bond donors (Lipinski definition) is 0. The van der Waals surface area contributed by atoms with E-state index in [9.17, 15) is 13.2 Å². The number of benzene rings is 1. The highest BCUT2D eigenvalue weighted by molar-refractivity contribution is 5.69. The number of ether oxygens (including phenoxy) is 1. The maximum atomic E-state index is 12.2. The molecule has 0 unspecified atom stereocenters. The normalized spacial score (nSPS) is 10.9. The van der Waals surface area contributed by atoms with Gasteiger partial charge in [0.15, 0.2) is 0 Å². The van der Waals surface area contributed by atoms with Crippen LogP contribution >= 0.6 is 0 Å². The average Bonchev–Trinajstić information content (AvgIpc) is 2.38. The lowest BCUT2D eigenvalue weighted by molar-refractivity contribution is -0.274. The van der Waals surface area contributed by atoms with Crippen LogP contribution < -0.4 is 4.74 Å². The monoisotopic (exact) mass is 278 g/mol. The molecule has 0 fully saturated rings. The number of aromatic nitrogens is 1. The van der Waals surface area contributed by atoms with E-state index in [1.165, 1.54) is 12.1 Å². The minimum absolute atomic E-state index is 0.178. The number of halogens is 3. The first kappa shape index (κ1) is 13.9. The third-order valence-electron chi connectivity index (χ3n) is 2.68. The lowest BCUT2D eigenvalue weighted by atomic mass is 10.0. The van der Waals surface area contributed by atoms with Crippen molar-refractivity contribution in [1.29, 1.82) is 5.26 Å². The van der Waals surface area contributed by atoms with Crippen LogP contribution in [-0.4, -0.2) is 11.3 Å². The van der Waals surface area contributed by atoms with Gasteiger partial charge in [-0.05, 0) is 36.2 Å². The SMILES string of the molecule is Cc1ccncc1-c1ccc(OC(F)(F)F)c(C#N)c1. The molecule has 102 valence electrons. The maximum absolute atomic E-state index is 12.2. The van der Waals surface area contributed by atoms with Crippen LogP contribution in [0.1, 0.15) is 11.1 Å². The predicted molar refractivity (Wildman–Crippen MR) is 65.8 cm³/mol. The van der Waals surface area contributed by atoms with Crippen LogP contribution in [-0.2, 0) is 0 Å². The van der Waals surface area contributed by atoms with Crippen molar-refractivity contribution in [1.82, 2.24) is 4.98 Å². The molecule has 0 aliphatic heterocycles. The number of nitrogens with zero attached hydrogens (tertiary/aromatic N) is 2. The predicted octanol–water partition coefficient (Wildman–Crippen LogP) is 3.83. The highest BCUT2D eigenvalue weighted by atomic mass is 19.4. The van der Waals surface area contributed by atoms with Crippen LogP contribution in [0.25, 0.3) is 11.1 Å². The van der Waals surface area contributed by atoms with E-state index in [1.54, 1.807) is 24.5 Å². The molecule has 0 atom stereocenters. The summed E-state index contributed by atoms with van der Waals surface area (Å²) in [5.74, 6) is -0.509. The number of nitriles is 1. The third kappa shape index (κ3) is 3.06. The Labute approximate surface area is 113 Å². The Kier molecular flexibility index (Phi) is 3.61. The summed E-state index contributed by atoms with van der Waals surface area (Å²) in [4.78, 5) is 3.97. The van der Waals surface area contributed by atoms with E-state index in [-0.39, 0.29) is 5.56 Å². The summed E-state index contributed by atoms with van der Waals surface area (Å²) in [6.07, 6.45) is -1.61. The van der Waals surface area contributed by atoms with Gasteiger partial charge in [-0.1, -0.05) is 6.07 Å². The minimum Gasteiger partial charge on any atom is -0.404 e. The third-order valence-corrected chi connectivity index (χ3v) is 2.68. The van der Waals surface area contributed by atoms with Crippen molar-refractivity contribution >= 4 is 0 Å². The van der Waals surface area contributed by atoms with Gasteiger partial charge >= 0.3 is 6.36 Å². The smallest absolute Gasteiger partial charge is 0.404 e. The van der Waals surface area contributed by atoms with E-state index >= 15 is 0 Å². The summed E-state index contributed by atoms with van der Waals surface area (Å²) in [5, 5.41) is 8.94. The fourth-order valence-electron chi connectivity index (χ4n) is 1.76. The van der Waals surface area contributed by atoms with Gasteiger partial charge in [-0.3, -0.25) is 4.98 Å². The quantitative estimate of drug-likeness (QED) is 0.838. The van der Waals surface area contributed by atoms with E-state index in [0.717, 1.165) is 17.2 Å². The zero-order valence-electron chi connectivity index (χ0n) is 10.4. The zero-order chi connectivity index (χ0) is 14.8. The first-order chi connectivity index (χ1) is 9.40. The largest absolute Gasteiger partial charge is 0.573 e. The molecule has 0 bridgehead atoms. The highest BCUT2D eigenvalue weighted by Crippen LogP contribution is 2.31. The second-order valence-electron chi connectivity index (χ2n) is 4.06. The van der Waals surface area contributed by atoms with Crippen LogP contribution in [0, 0.1) is 18.3 Å². The van der Waals surface area contributed by atoms with E-state index < -0.39 is 12.1 Å². The number of pyridine rings is 1. The highest BCUT2D eigenvalue weighted by Gasteiger charge is 2.32. The lowest BCUT2D eigenvalue weighted by Gasteiger charge is -2.12. The Morgan fingerprint density at radius 1 is 1.25 bits per heavy atom. The molecule has 2 rings (SSSR count). The number of alkyl halides is 3. The van der Waals surface area contributed by atoms with Crippen molar-refractivity contribution in [3.8, 4) is 22.9 Å². The van der Waals surface area contributed by atoms with E-state index in [2.05, 4.69) is 9.72 Å². The summed E-state index contributed by atoms with van der Waals surface area (Å²) in [5.41, 5.74) is 2.10. The molecular weight excluding hydrogens is 269 g/mol. The van der Waals surface area contributed by atoms with Gasteiger partial charge in [0.1, 0.15) is 11.8 Å². The van der Waals surface area contributed by atoms with Crippen molar-refractivity contribution < 1.29 is 17.9 Å². The molecule has 2 aromatic rings. The fourth-order valence-corrected chi connectivity index (χ4v) is 1.76. The molecule has 20 heavy (non-hydrogen) atoms. The molecule has 0 saturated carbocycles. The van der Waals surface area contributed by atoms with Crippen LogP contribution in [0.4, 0.5) is 13.2 Å². The van der Waals surface area contributed by atoms with Crippen molar-refractivity contribution in [2.24, 2.45) is 0 Å². The van der Waals surface area contributed by atoms with Crippen LogP contribution in [0.2, 0.25) is 0 Å². The van der Waals surface area contributed by atoms with Gasteiger partial charge in [0.25, 0.3) is 0 Å². The van der Waals surface area contributed by atoms with Crippen LogP contribution in [0.15, 0.2) is 36.7 Å². The van der Waals surface area contributed by atoms with E-state index in [4.69, 9.17) is 5.26 Å². The van der Waals surface area contributed by atoms with Gasteiger partial charge in [-0.25, -0.2) is 0 Å². The Hall–Kier alpha value is -2.55. The van der Waals surface area contributed by atoms with E-state index in [0.29, 0.717) is 5.56 Å². The summed E-state index contributed by atoms with van der Waals surface area (Å²) >= 11 is 0. The first-order valence-electron chi connectivity index (χ1n) is 5.61. The standard InChI is InChI=1S/C14H9F3N2O/c1-9-4-5-19-8-12(9)10-2-3-13(11(6-10)7-18)20-14(15,16)17/h2-6,8H,1H3. The molecule has 6 heteroatoms. The molecule has 0 aliphatic rings. The molecule has 0 saturated heterocycles. The van der Waals surface area contributed by atoms with Crippen LogP contribution in [0.3, 0.4) is 0 Å². The molecule has 1 heterocycles. The summed E-state index contributed by atoms with van der Waals surface area (Å²) in [6.45, 7) is 1.85. The topological polar surface area (TPSA) is 45.9 Å².